The minimum absolute atomic E-state index is 0.156. The van der Waals surface area contributed by atoms with Crippen LogP contribution in [0.3, 0.4) is 0 Å². The van der Waals surface area contributed by atoms with Crippen molar-refractivity contribution in [2.75, 3.05) is 0 Å². The summed E-state index contributed by atoms with van der Waals surface area (Å²) in [4.78, 5) is 0. The molecule has 1 atom stereocenters. The van der Waals surface area contributed by atoms with E-state index >= 15 is 0 Å². The molecular weight excluding hydrogens is 176 g/mol. The zero-order valence-corrected chi connectivity index (χ0v) is 9.49. The van der Waals surface area contributed by atoms with Crippen molar-refractivity contribution in [3.8, 4) is 0 Å². The van der Waals surface area contributed by atoms with Gasteiger partial charge in [-0.25, -0.2) is 0 Å². The van der Waals surface area contributed by atoms with Gasteiger partial charge in [-0.05, 0) is 24.3 Å². The Morgan fingerprint density at radius 3 is 2.57 bits per heavy atom. The smallest absolute Gasteiger partial charge is 0.0529 e. The van der Waals surface area contributed by atoms with Crippen molar-refractivity contribution >= 4 is 0 Å². The molecule has 0 spiro atoms. The van der Waals surface area contributed by atoms with Gasteiger partial charge in [0.05, 0.1) is 12.3 Å². The van der Waals surface area contributed by atoms with Crippen molar-refractivity contribution in [3.63, 3.8) is 0 Å². The second-order valence-electron chi connectivity index (χ2n) is 4.88. The number of aliphatic hydroxyl groups is 1. The monoisotopic (exact) mass is 196 g/mol. The molecule has 3 heteroatoms. The van der Waals surface area contributed by atoms with E-state index in [0.29, 0.717) is 0 Å². The predicted molar refractivity (Wildman–Crippen MR) is 57.2 cm³/mol. The first-order chi connectivity index (χ1) is 6.39. The molecule has 0 amide bonds. The average molecular weight is 196 g/mol. The van der Waals surface area contributed by atoms with E-state index in [0.717, 1.165) is 13.0 Å². The van der Waals surface area contributed by atoms with Gasteiger partial charge in [0, 0.05) is 12.7 Å². The summed E-state index contributed by atoms with van der Waals surface area (Å²) in [5.74, 6) is 0. The Hall–Kier alpha value is -0.830. The van der Waals surface area contributed by atoms with E-state index in [1.54, 1.807) is 6.92 Å². The van der Waals surface area contributed by atoms with E-state index in [1.165, 1.54) is 5.56 Å². The number of rotatable bonds is 3. The summed E-state index contributed by atoms with van der Waals surface area (Å²) >= 11 is 0. The van der Waals surface area contributed by atoms with E-state index in [-0.39, 0.29) is 11.5 Å². The van der Waals surface area contributed by atoms with Crippen LogP contribution >= 0.6 is 0 Å². The highest BCUT2D eigenvalue weighted by Gasteiger charge is 2.15. The van der Waals surface area contributed by atoms with Crippen molar-refractivity contribution in [1.29, 1.82) is 0 Å². The first-order valence-electron chi connectivity index (χ1n) is 5.10. The maximum atomic E-state index is 9.14. The van der Waals surface area contributed by atoms with Gasteiger partial charge in [-0.1, -0.05) is 20.8 Å². The van der Waals surface area contributed by atoms with Gasteiger partial charge in [-0.15, -0.1) is 0 Å². The molecule has 14 heavy (non-hydrogen) atoms. The lowest BCUT2D eigenvalue weighted by atomic mass is 9.90. The SMILES string of the molecule is C[C@H](O)CCn1cc(C(C)(C)C)cn1. The summed E-state index contributed by atoms with van der Waals surface area (Å²) in [7, 11) is 0. The van der Waals surface area contributed by atoms with Gasteiger partial charge in [-0.2, -0.15) is 5.10 Å². The molecule has 0 saturated heterocycles. The van der Waals surface area contributed by atoms with Crippen LogP contribution in [0.2, 0.25) is 0 Å². The molecule has 0 aliphatic carbocycles. The Bertz CT molecular complexity index is 284. The lowest BCUT2D eigenvalue weighted by Crippen LogP contribution is -2.10. The fourth-order valence-corrected chi connectivity index (χ4v) is 1.19. The summed E-state index contributed by atoms with van der Waals surface area (Å²) in [6.45, 7) is 9.09. The molecule has 0 bridgehead atoms. The minimum atomic E-state index is -0.253. The van der Waals surface area contributed by atoms with E-state index in [4.69, 9.17) is 5.11 Å². The molecule has 0 aromatic carbocycles. The zero-order chi connectivity index (χ0) is 10.8. The Balaban J connectivity index is 2.60. The number of aryl methyl sites for hydroxylation is 1. The van der Waals surface area contributed by atoms with Crippen LogP contribution in [-0.4, -0.2) is 21.0 Å². The third-order valence-electron chi connectivity index (χ3n) is 2.28. The minimum Gasteiger partial charge on any atom is -0.393 e. The van der Waals surface area contributed by atoms with Gasteiger partial charge >= 0.3 is 0 Å². The Morgan fingerprint density at radius 2 is 2.14 bits per heavy atom. The fraction of sp³-hybridized carbons (Fsp3) is 0.727. The van der Waals surface area contributed by atoms with Crippen LogP contribution in [0.4, 0.5) is 0 Å². The molecule has 0 radical (unpaired) electrons. The molecule has 1 aromatic heterocycles. The summed E-state index contributed by atoms with van der Waals surface area (Å²) < 4.78 is 1.90. The Kier molecular flexibility index (Phi) is 3.32. The standard InChI is InChI=1S/C11H20N2O/c1-9(14)5-6-13-8-10(7-12-13)11(2,3)4/h7-9,14H,5-6H2,1-4H3/t9-/m0/s1. The first-order valence-corrected chi connectivity index (χ1v) is 5.10. The number of nitrogens with zero attached hydrogens (tertiary/aromatic N) is 2. The molecule has 0 aliphatic rings. The summed E-state index contributed by atoms with van der Waals surface area (Å²) in [6, 6.07) is 0. The second-order valence-corrected chi connectivity index (χ2v) is 4.88. The number of aliphatic hydroxyl groups excluding tert-OH is 1. The fourth-order valence-electron chi connectivity index (χ4n) is 1.19. The summed E-state index contributed by atoms with van der Waals surface area (Å²) in [5, 5.41) is 13.4. The van der Waals surface area contributed by atoms with Crippen LogP contribution in [0.5, 0.6) is 0 Å². The topological polar surface area (TPSA) is 38.0 Å². The highest BCUT2D eigenvalue weighted by molar-refractivity contribution is 5.14. The van der Waals surface area contributed by atoms with Crippen molar-refractivity contribution in [1.82, 2.24) is 9.78 Å². The van der Waals surface area contributed by atoms with Gasteiger partial charge in [0.25, 0.3) is 0 Å². The molecule has 1 aromatic rings. The second kappa shape index (κ2) is 4.13. The molecule has 1 rings (SSSR count). The van der Waals surface area contributed by atoms with Crippen LogP contribution in [-0.2, 0) is 12.0 Å². The van der Waals surface area contributed by atoms with Crippen molar-refractivity contribution in [3.05, 3.63) is 18.0 Å². The van der Waals surface area contributed by atoms with Crippen LogP contribution in [0.15, 0.2) is 12.4 Å². The predicted octanol–water partition coefficient (Wildman–Crippen LogP) is 1.95. The summed E-state index contributed by atoms with van der Waals surface area (Å²) in [5.41, 5.74) is 1.39. The largest absolute Gasteiger partial charge is 0.393 e. The van der Waals surface area contributed by atoms with Crippen LogP contribution < -0.4 is 0 Å². The van der Waals surface area contributed by atoms with Gasteiger partial charge in [0.1, 0.15) is 0 Å². The molecule has 0 fully saturated rings. The van der Waals surface area contributed by atoms with Crippen LogP contribution in [0.25, 0.3) is 0 Å². The zero-order valence-electron chi connectivity index (χ0n) is 9.49. The molecule has 1 heterocycles. The van der Waals surface area contributed by atoms with E-state index in [1.807, 2.05) is 10.9 Å². The molecule has 0 unspecified atom stereocenters. The Morgan fingerprint density at radius 1 is 1.50 bits per heavy atom. The van der Waals surface area contributed by atoms with Gasteiger partial charge in [0.2, 0.25) is 0 Å². The average Bonchev–Trinajstić information content (AvgIpc) is 2.47. The third-order valence-corrected chi connectivity index (χ3v) is 2.28. The van der Waals surface area contributed by atoms with Crippen molar-refractivity contribution < 1.29 is 5.11 Å². The molecule has 0 aliphatic heterocycles. The Labute approximate surface area is 85.8 Å². The molecular formula is C11H20N2O. The molecule has 80 valence electrons. The van der Waals surface area contributed by atoms with Crippen LogP contribution in [0, 0.1) is 0 Å². The highest BCUT2D eigenvalue weighted by atomic mass is 16.3. The lowest BCUT2D eigenvalue weighted by Gasteiger charge is -2.15. The molecule has 3 nitrogen and oxygen atoms in total. The number of hydrogen-bond donors (Lipinski definition) is 1. The number of aromatic nitrogens is 2. The van der Waals surface area contributed by atoms with Crippen molar-refractivity contribution in [2.45, 2.75) is 52.2 Å². The van der Waals surface area contributed by atoms with E-state index in [2.05, 4.69) is 32.1 Å². The molecule has 1 N–H and O–H groups in total. The van der Waals surface area contributed by atoms with Crippen LogP contribution in [0.1, 0.15) is 39.7 Å². The maximum Gasteiger partial charge on any atom is 0.0529 e. The van der Waals surface area contributed by atoms with Gasteiger partial charge in [-0.3, -0.25) is 4.68 Å². The van der Waals surface area contributed by atoms with Gasteiger partial charge < -0.3 is 5.11 Å². The highest BCUT2D eigenvalue weighted by Crippen LogP contribution is 2.20. The van der Waals surface area contributed by atoms with Crippen molar-refractivity contribution in [2.24, 2.45) is 0 Å². The maximum absolute atomic E-state index is 9.14. The van der Waals surface area contributed by atoms with E-state index < -0.39 is 0 Å². The molecule has 0 saturated carbocycles. The lowest BCUT2D eigenvalue weighted by molar-refractivity contribution is 0.176. The van der Waals surface area contributed by atoms with Gasteiger partial charge in [0.15, 0.2) is 0 Å². The van der Waals surface area contributed by atoms with E-state index in [9.17, 15) is 0 Å². The third kappa shape index (κ3) is 3.14. The summed E-state index contributed by atoms with van der Waals surface area (Å²) in [6.07, 6.45) is 4.47. The first kappa shape index (κ1) is 11.2. The quantitative estimate of drug-likeness (QED) is 0.802. The number of hydrogen-bond acceptors (Lipinski definition) is 2. The normalized spacial score (nSPS) is 14.4.